The van der Waals surface area contributed by atoms with Crippen LogP contribution >= 0.6 is 0 Å². The van der Waals surface area contributed by atoms with E-state index in [0.29, 0.717) is 6.04 Å². The number of rotatable bonds is 3. The molecule has 1 atom stereocenters. The van der Waals surface area contributed by atoms with Crippen LogP contribution in [-0.4, -0.2) is 9.04 Å². The summed E-state index contributed by atoms with van der Waals surface area (Å²) in [7, 11) is -2.19. The Bertz CT molecular complexity index is 679. The molecular weight excluding hydrogens is 287 g/mol. The normalized spacial score (nSPS) is 11.8. The van der Waals surface area contributed by atoms with Gasteiger partial charge < -0.3 is 4.80 Å². The van der Waals surface area contributed by atoms with Gasteiger partial charge in [0.2, 0.25) is 0 Å². The molecule has 1 nitrogen and oxygen atoms in total. The largest absolute Gasteiger partial charge is 1.00 e. The molecular formula is C17H15KOSi. The van der Waals surface area contributed by atoms with Gasteiger partial charge in [-0.05, 0) is 25.9 Å². The molecule has 20 heavy (non-hydrogen) atoms. The third kappa shape index (κ3) is 3.68. The monoisotopic (exact) mass is 302 g/mol. The van der Waals surface area contributed by atoms with E-state index in [9.17, 15) is 4.80 Å². The van der Waals surface area contributed by atoms with Gasteiger partial charge in [-0.25, -0.2) is 0 Å². The van der Waals surface area contributed by atoms with Crippen molar-refractivity contribution >= 4 is 25.0 Å². The summed E-state index contributed by atoms with van der Waals surface area (Å²) >= 11 is 0. The summed E-state index contributed by atoms with van der Waals surface area (Å²) in [4.78, 5) is 12.7. The van der Waals surface area contributed by atoms with E-state index < -0.39 is 9.04 Å². The molecule has 3 aromatic carbocycles. The first-order valence-corrected chi connectivity index (χ1v) is 8.38. The number of benzene rings is 3. The molecule has 0 bridgehead atoms. The van der Waals surface area contributed by atoms with Crippen molar-refractivity contribution < 1.29 is 56.2 Å². The molecule has 0 saturated heterocycles. The van der Waals surface area contributed by atoms with Gasteiger partial charge in [-0.15, -0.1) is 0 Å². The van der Waals surface area contributed by atoms with Gasteiger partial charge in [0.15, 0.2) is 0 Å². The minimum Gasteiger partial charge on any atom is -0.857 e. The zero-order chi connectivity index (χ0) is 13.1. The minimum absolute atomic E-state index is 0. The van der Waals surface area contributed by atoms with Crippen LogP contribution in [0.3, 0.4) is 0 Å². The summed E-state index contributed by atoms with van der Waals surface area (Å²) in [5, 5.41) is 3.33. The molecule has 0 saturated carbocycles. The average Bonchev–Trinajstić information content (AvgIpc) is 2.47. The third-order valence-electron chi connectivity index (χ3n) is 3.43. The van der Waals surface area contributed by atoms with Crippen LogP contribution in [0.4, 0.5) is 0 Å². The van der Waals surface area contributed by atoms with Crippen molar-refractivity contribution in [3.63, 3.8) is 0 Å². The summed E-state index contributed by atoms with van der Waals surface area (Å²) in [6.07, 6.45) is 0. The second-order valence-corrected chi connectivity index (χ2v) is 6.75. The molecule has 1 unspecified atom stereocenters. The van der Waals surface area contributed by atoms with Crippen molar-refractivity contribution in [2.24, 2.45) is 0 Å². The zero-order valence-corrected chi connectivity index (χ0v) is 15.9. The fourth-order valence-electron chi connectivity index (χ4n) is 2.47. The van der Waals surface area contributed by atoms with Crippen LogP contribution in [-0.2, 0) is 6.04 Å². The van der Waals surface area contributed by atoms with Gasteiger partial charge in [-0.3, -0.25) is 0 Å². The number of hydrogen-bond donors (Lipinski definition) is 0. The second-order valence-electron chi connectivity index (χ2n) is 4.75. The van der Waals surface area contributed by atoms with Crippen LogP contribution in [0.1, 0.15) is 5.56 Å². The van der Waals surface area contributed by atoms with Gasteiger partial charge in [0.05, 0.1) is 0 Å². The van der Waals surface area contributed by atoms with Crippen LogP contribution < -0.4 is 61.4 Å². The Labute approximate surface area is 163 Å². The predicted octanol–water partition coefficient (Wildman–Crippen LogP) is -1.08. The molecule has 0 spiro atoms. The summed E-state index contributed by atoms with van der Waals surface area (Å²) in [6, 6.07) is 25.0. The van der Waals surface area contributed by atoms with E-state index in [1.807, 2.05) is 54.6 Å². The Balaban J connectivity index is 0.00000147. The summed E-state index contributed by atoms with van der Waals surface area (Å²) < 4.78 is 0. The Morgan fingerprint density at radius 2 is 1.40 bits per heavy atom. The van der Waals surface area contributed by atoms with E-state index in [-0.39, 0.29) is 51.4 Å². The van der Waals surface area contributed by atoms with Crippen LogP contribution in [0.2, 0.25) is 0 Å². The molecule has 0 radical (unpaired) electrons. The van der Waals surface area contributed by atoms with E-state index >= 15 is 0 Å². The molecule has 0 aliphatic heterocycles. The van der Waals surface area contributed by atoms with Gasteiger partial charge in [0.1, 0.15) is 0 Å². The average molecular weight is 302 g/mol. The number of hydrogen-bond acceptors (Lipinski definition) is 1. The summed E-state index contributed by atoms with van der Waals surface area (Å²) in [5.41, 5.74) is 1.15. The molecule has 3 rings (SSSR count). The van der Waals surface area contributed by atoms with E-state index in [1.165, 1.54) is 5.39 Å². The van der Waals surface area contributed by atoms with E-state index in [2.05, 4.69) is 18.2 Å². The summed E-state index contributed by atoms with van der Waals surface area (Å²) in [6.45, 7) is 0. The molecule has 0 amide bonds. The molecule has 0 N–H and O–H groups in total. The molecule has 0 fully saturated rings. The van der Waals surface area contributed by atoms with Crippen LogP contribution in [0.5, 0.6) is 0 Å². The maximum atomic E-state index is 12.7. The van der Waals surface area contributed by atoms with Gasteiger partial charge in [-0.1, -0.05) is 83.5 Å². The fourth-order valence-corrected chi connectivity index (χ4v) is 4.33. The van der Waals surface area contributed by atoms with Crippen molar-refractivity contribution in [1.82, 2.24) is 0 Å². The molecule has 3 aromatic rings. The standard InChI is InChI=1S/C17H15OSi.K/c18-19(13-14-7-2-1-3-8-14)17-12-6-10-15-9-4-5-11-16(15)17;/h1-12,19H,13H2;/q-1;+1. The van der Waals surface area contributed by atoms with Crippen molar-refractivity contribution in [1.29, 1.82) is 0 Å². The zero-order valence-electron chi connectivity index (χ0n) is 11.6. The van der Waals surface area contributed by atoms with Gasteiger partial charge in [0.25, 0.3) is 0 Å². The van der Waals surface area contributed by atoms with Crippen molar-refractivity contribution in [3.8, 4) is 0 Å². The first-order valence-electron chi connectivity index (χ1n) is 6.52. The fraction of sp³-hybridized carbons (Fsp3) is 0.0588. The Morgan fingerprint density at radius 3 is 2.20 bits per heavy atom. The molecule has 0 aromatic heterocycles. The molecule has 3 heteroatoms. The first kappa shape index (κ1) is 16.1. The van der Waals surface area contributed by atoms with Gasteiger partial charge in [-0.2, -0.15) is 0 Å². The Morgan fingerprint density at radius 1 is 0.750 bits per heavy atom. The summed E-state index contributed by atoms with van der Waals surface area (Å²) in [5.74, 6) is 0. The predicted molar refractivity (Wildman–Crippen MR) is 80.9 cm³/mol. The van der Waals surface area contributed by atoms with Crippen LogP contribution in [0, 0.1) is 0 Å². The van der Waals surface area contributed by atoms with Crippen molar-refractivity contribution in [3.05, 3.63) is 78.4 Å². The Hall–Kier alpha value is -0.267. The Kier molecular flexibility index (Phi) is 6.17. The number of fused-ring (bicyclic) bond motifs is 1. The second kappa shape index (κ2) is 7.66. The maximum Gasteiger partial charge on any atom is 1.00 e. The topological polar surface area (TPSA) is 23.1 Å². The van der Waals surface area contributed by atoms with Crippen LogP contribution in [0.25, 0.3) is 10.8 Å². The smallest absolute Gasteiger partial charge is 0.857 e. The molecule has 0 aliphatic rings. The molecule has 94 valence electrons. The maximum absolute atomic E-state index is 12.7. The molecule has 0 aliphatic carbocycles. The first-order chi connectivity index (χ1) is 9.34. The van der Waals surface area contributed by atoms with Gasteiger partial charge in [0, 0.05) is 0 Å². The van der Waals surface area contributed by atoms with E-state index in [4.69, 9.17) is 0 Å². The van der Waals surface area contributed by atoms with Gasteiger partial charge >= 0.3 is 51.4 Å². The van der Waals surface area contributed by atoms with Crippen LogP contribution in [0.15, 0.2) is 72.8 Å². The minimum atomic E-state index is -2.19. The SMILES string of the molecule is [K+].[O-][SiH](Cc1ccccc1)c1cccc2ccccc12. The van der Waals surface area contributed by atoms with Crippen molar-refractivity contribution in [2.45, 2.75) is 6.04 Å². The third-order valence-corrected chi connectivity index (χ3v) is 5.47. The molecule has 0 heterocycles. The van der Waals surface area contributed by atoms with Crippen molar-refractivity contribution in [2.75, 3.05) is 0 Å². The van der Waals surface area contributed by atoms with E-state index in [1.54, 1.807) is 0 Å². The van der Waals surface area contributed by atoms with E-state index in [0.717, 1.165) is 16.1 Å². The quantitative estimate of drug-likeness (QED) is 0.564.